The Bertz CT molecular complexity index is 755. The Morgan fingerprint density at radius 1 is 0.640 bits per heavy atom. The number of amides is 3. The van der Waals surface area contributed by atoms with Crippen molar-refractivity contribution in [2.75, 3.05) is 27.8 Å². The van der Waals surface area contributed by atoms with Gasteiger partial charge in [-0.1, -0.05) is 0 Å². The Morgan fingerprint density at radius 3 is 1.40 bits per heavy atom. The number of hydrogen-bond acceptors (Lipinski definition) is 4. The summed E-state index contributed by atoms with van der Waals surface area (Å²) in [5.41, 5.74) is 2.77. The molecule has 0 unspecified atom stereocenters. The zero-order chi connectivity index (χ0) is 18.2. The van der Waals surface area contributed by atoms with E-state index in [1.165, 1.54) is 13.8 Å². The first-order chi connectivity index (χ1) is 11.9. The maximum absolute atomic E-state index is 12.0. The van der Waals surface area contributed by atoms with Crippen LogP contribution in [-0.4, -0.2) is 24.3 Å². The van der Waals surface area contributed by atoms with E-state index < -0.39 is 0 Å². The molecule has 0 aliphatic heterocycles. The molecule has 0 aromatic heterocycles. The summed E-state index contributed by atoms with van der Waals surface area (Å²) < 4.78 is 0. The smallest absolute Gasteiger partial charge is 0.243 e. The van der Waals surface area contributed by atoms with E-state index in [0.717, 1.165) is 5.69 Å². The SMILES string of the molecule is CC(=O)Nc1ccc(NCC(=O)Nc2ccc(NC(C)=O)cc2)cc1. The second kappa shape index (κ2) is 8.49. The van der Waals surface area contributed by atoms with Crippen LogP contribution in [0.2, 0.25) is 0 Å². The van der Waals surface area contributed by atoms with Gasteiger partial charge in [0.05, 0.1) is 6.54 Å². The Morgan fingerprint density at radius 2 is 1.00 bits per heavy atom. The van der Waals surface area contributed by atoms with Crippen molar-refractivity contribution < 1.29 is 14.4 Å². The maximum atomic E-state index is 12.0. The fourth-order valence-corrected chi connectivity index (χ4v) is 2.10. The van der Waals surface area contributed by atoms with E-state index >= 15 is 0 Å². The molecule has 0 saturated heterocycles. The van der Waals surface area contributed by atoms with E-state index in [9.17, 15) is 14.4 Å². The Balaban J connectivity index is 1.82. The maximum Gasteiger partial charge on any atom is 0.243 e. The molecule has 0 atom stereocenters. The standard InChI is InChI=1S/C18H20N4O3/c1-12(23)20-15-5-3-14(4-6-15)19-11-18(25)22-17-9-7-16(8-10-17)21-13(2)24/h3-10,19H,11H2,1-2H3,(H,20,23)(H,21,24)(H,22,25). The summed E-state index contributed by atoms with van der Waals surface area (Å²) in [5.74, 6) is -0.478. The van der Waals surface area contributed by atoms with Crippen molar-refractivity contribution in [1.82, 2.24) is 0 Å². The van der Waals surface area contributed by atoms with Crippen molar-refractivity contribution in [3.8, 4) is 0 Å². The predicted molar refractivity (Wildman–Crippen MR) is 98.6 cm³/mol. The van der Waals surface area contributed by atoms with E-state index in [1.54, 1.807) is 48.5 Å². The van der Waals surface area contributed by atoms with Gasteiger partial charge in [0.1, 0.15) is 0 Å². The zero-order valence-electron chi connectivity index (χ0n) is 14.1. The van der Waals surface area contributed by atoms with E-state index in [0.29, 0.717) is 17.1 Å². The third-order valence-electron chi connectivity index (χ3n) is 3.15. The van der Waals surface area contributed by atoms with E-state index in [1.807, 2.05) is 0 Å². The van der Waals surface area contributed by atoms with Crippen molar-refractivity contribution in [3.05, 3.63) is 48.5 Å². The van der Waals surface area contributed by atoms with E-state index in [2.05, 4.69) is 21.3 Å². The molecule has 4 N–H and O–H groups in total. The summed E-state index contributed by atoms with van der Waals surface area (Å²) in [4.78, 5) is 33.9. The Kier molecular flexibility index (Phi) is 6.11. The van der Waals surface area contributed by atoms with Gasteiger partial charge in [0.15, 0.2) is 0 Å². The van der Waals surface area contributed by atoms with Crippen molar-refractivity contribution in [2.24, 2.45) is 0 Å². The van der Waals surface area contributed by atoms with Gasteiger partial charge in [-0.3, -0.25) is 14.4 Å². The first-order valence-corrected chi connectivity index (χ1v) is 7.71. The van der Waals surface area contributed by atoms with Crippen molar-refractivity contribution >= 4 is 40.5 Å². The third kappa shape index (κ3) is 6.34. The normalized spacial score (nSPS) is 9.84. The van der Waals surface area contributed by atoms with Crippen molar-refractivity contribution in [1.29, 1.82) is 0 Å². The van der Waals surface area contributed by atoms with Gasteiger partial charge in [0, 0.05) is 36.6 Å². The Labute approximate surface area is 145 Å². The van der Waals surface area contributed by atoms with Crippen LogP contribution in [0.25, 0.3) is 0 Å². The molecule has 0 bridgehead atoms. The molecule has 130 valence electrons. The molecule has 2 aromatic rings. The summed E-state index contributed by atoms with van der Waals surface area (Å²) >= 11 is 0. The van der Waals surface area contributed by atoms with Crippen molar-refractivity contribution in [3.63, 3.8) is 0 Å². The fraction of sp³-hybridized carbons (Fsp3) is 0.167. The molecule has 0 heterocycles. The highest BCUT2D eigenvalue weighted by atomic mass is 16.2. The lowest BCUT2D eigenvalue weighted by atomic mass is 10.2. The molecule has 2 aromatic carbocycles. The van der Waals surface area contributed by atoms with Crippen LogP contribution in [0.4, 0.5) is 22.7 Å². The minimum absolute atomic E-state index is 0.104. The highest BCUT2D eigenvalue weighted by molar-refractivity contribution is 5.94. The number of carbonyl (C=O) groups excluding carboxylic acids is 3. The second-order valence-corrected chi connectivity index (χ2v) is 5.42. The van der Waals surface area contributed by atoms with Crippen LogP contribution in [0.15, 0.2) is 48.5 Å². The van der Waals surface area contributed by atoms with Crippen LogP contribution >= 0.6 is 0 Å². The number of carbonyl (C=O) groups is 3. The molecular formula is C18H20N4O3. The molecular weight excluding hydrogens is 320 g/mol. The fourth-order valence-electron chi connectivity index (χ4n) is 2.10. The van der Waals surface area contributed by atoms with Gasteiger partial charge in [-0.05, 0) is 48.5 Å². The summed E-state index contributed by atoms with van der Waals surface area (Å²) in [5, 5.41) is 11.1. The van der Waals surface area contributed by atoms with Crippen molar-refractivity contribution in [2.45, 2.75) is 13.8 Å². The van der Waals surface area contributed by atoms with Crippen LogP contribution in [-0.2, 0) is 14.4 Å². The molecule has 0 saturated carbocycles. The molecule has 0 spiro atoms. The predicted octanol–water partition coefficient (Wildman–Crippen LogP) is 2.65. The van der Waals surface area contributed by atoms with Crippen LogP contribution < -0.4 is 21.3 Å². The molecule has 25 heavy (non-hydrogen) atoms. The first kappa shape index (κ1) is 18.0. The number of hydrogen-bond donors (Lipinski definition) is 4. The van der Waals surface area contributed by atoms with E-state index in [-0.39, 0.29) is 24.3 Å². The second-order valence-electron chi connectivity index (χ2n) is 5.42. The van der Waals surface area contributed by atoms with Gasteiger partial charge >= 0.3 is 0 Å². The average molecular weight is 340 g/mol. The van der Waals surface area contributed by atoms with Gasteiger partial charge < -0.3 is 21.3 Å². The van der Waals surface area contributed by atoms with Crippen LogP contribution in [0.3, 0.4) is 0 Å². The number of rotatable bonds is 6. The minimum Gasteiger partial charge on any atom is -0.376 e. The van der Waals surface area contributed by atoms with Crippen LogP contribution in [0.1, 0.15) is 13.8 Å². The number of benzene rings is 2. The molecule has 2 rings (SSSR count). The highest BCUT2D eigenvalue weighted by Gasteiger charge is 2.03. The molecule has 0 aliphatic rings. The average Bonchev–Trinajstić information content (AvgIpc) is 2.55. The molecule has 0 fully saturated rings. The quantitative estimate of drug-likeness (QED) is 0.649. The molecule has 0 radical (unpaired) electrons. The van der Waals surface area contributed by atoms with Crippen LogP contribution in [0, 0.1) is 0 Å². The van der Waals surface area contributed by atoms with Gasteiger partial charge in [-0.15, -0.1) is 0 Å². The molecule has 0 aliphatic carbocycles. The van der Waals surface area contributed by atoms with Crippen LogP contribution in [0.5, 0.6) is 0 Å². The van der Waals surface area contributed by atoms with Gasteiger partial charge in [-0.2, -0.15) is 0 Å². The lowest BCUT2D eigenvalue weighted by Crippen LogP contribution is -2.21. The summed E-state index contributed by atoms with van der Waals surface area (Å²) in [7, 11) is 0. The topological polar surface area (TPSA) is 99.3 Å². The minimum atomic E-state index is -0.196. The van der Waals surface area contributed by atoms with Gasteiger partial charge in [0.25, 0.3) is 0 Å². The molecule has 7 nitrogen and oxygen atoms in total. The summed E-state index contributed by atoms with van der Waals surface area (Å²) in [6.07, 6.45) is 0. The zero-order valence-corrected chi connectivity index (χ0v) is 14.1. The molecule has 7 heteroatoms. The highest BCUT2D eigenvalue weighted by Crippen LogP contribution is 2.15. The largest absolute Gasteiger partial charge is 0.376 e. The number of nitrogens with one attached hydrogen (secondary N) is 4. The third-order valence-corrected chi connectivity index (χ3v) is 3.15. The lowest BCUT2D eigenvalue weighted by molar-refractivity contribution is -0.115. The molecule has 3 amide bonds. The van der Waals surface area contributed by atoms with Gasteiger partial charge in [-0.25, -0.2) is 0 Å². The van der Waals surface area contributed by atoms with Gasteiger partial charge in [0.2, 0.25) is 17.7 Å². The first-order valence-electron chi connectivity index (χ1n) is 7.71. The lowest BCUT2D eigenvalue weighted by Gasteiger charge is -2.09. The number of anilines is 4. The Hall–Kier alpha value is -3.35. The van der Waals surface area contributed by atoms with E-state index in [4.69, 9.17) is 0 Å². The summed E-state index contributed by atoms with van der Waals surface area (Å²) in [6, 6.07) is 13.9. The monoisotopic (exact) mass is 340 g/mol. The summed E-state index contributed by atoms with van der Waals surface area (Å²) in [6.45, 7) is 2.98.